The number of aromatic nitrogens is 3. The summed E-state index contributed by atoms with van der Waals surface area (Å²) in [6, 6.07) is 14.1. The van der Waals surface area contributed by atoms with Crippen LogP contribution in [0.5, 0.6) is 0 Å². The largest absolute Gasteiger partial charge is 0.391 e. The minimum atomic E-state index is -0.419. The lowest BCUT2D eigenvalue weighted by atomic mass is 10.0. The zero-order valence-electron chi connectivity index (χ0n) is 15.5. The van der Waals surface area contributed by atoms with Crippen LogP contribution in [0.3, 0.4) is 0 Å². The molecular weight excluding hydrogens is 355 g/mol. The van der Waals surface area contributed by atoms with E-state index in [0.717, 1.165) is 33.4 Å². The average molecular weight is 376 g/mol. The Hall–Kier alpha value is -3.25. The monoisotopic (exact) mass is 376 g/mol. The molecule has 3 aromatic heterocycles. The fourth-order valence-corrected chi connectivity index (χ4v) is 3.18. The standard InChI is InChI=1S/C22H21FN4O/c1-2-17(28)13-26-19-12-15(9-11-24-19)21-20(14-5-7-16(23)8-6-14)22-18(27-21)4-3-10-25-22/h3-12,17,27-28H,2,13H2,1H3,(H,24,26). The van der Waals surface area contributed by atoms with Gasteiger partial charge in [-0.1, -0.05) is 19.1 Å². The number of fused-ring (bicyclic) bond motifs is 1. The highest BCUT2D eigenvalue weighted by Crippen LogP contribution is 2.37. The molecule has 0 radical (unpaired) electrons. The van der Waals surface area contributed by atoms with Gasteiger partial charge in [-0.05, 0) is 48.4 Å². The van der Waals surface area contributed by atoms with Crippen LogP contribution in [0, 0.1) is 5.82 Å². The van der Waals surface area contributed by atoms with Crippen molar-refractivity contribution in [1.29, 1.82) is 0 Å². The van der Waals surface area contributed by atoms with Gasteiger partial charge in [-0.25, -0.2) is 9.37 Å². The molecule has 3 N–H and O–H groups in total. The van der Waals surface area contributed by atoms with E-state index in [1.165, 1.54) is 12.1 Å². The van der Waals surface area contributed by atoms with Crippen molar-refractivity contribution in [2.24, 2.45) is 0 Å². The number of H-pyrrole nitrogens is 1. The molecule has 0 bridgehead atoms. The van der Waals surface area contributed by atoms with Crippen molar-refractivity contribution in [3.8, 4) is 22.4 Å². The number of nitrogens with zero attached hydrogens (tertiary/aromatic N) is 2. The number of aliphatic hydroxyl groups is 1. The molecule has 0 amide bonds. The quantitative estimate of drug-likeness (QED) is 0.459. The summed E-state index contributed by atoms with van der Waals surface area (Å²) >= 11 is 0. The molecule has 6 heteroatoms. The number of anilines is 1. The number of aromatic amines is 1. The molecule has 0 aliphatic carbocycles. The first-order valence-electron chi connectivity index (χ1n) is 9.26. The van der Waals surface area contributed by atoms with Crippen molar-refractivity contribution >= 4 is 16.9 Å². The Balaban J connectivity index is 1.81. The highest BCUT2D eigenvalue weighted by Gasteiger charge is 2.16. The normalized spacial score (nSPS) is 12.2. The third-order valence-electron chi connectivity index (χ3n) is 4.73. The van der Waals surface area contributed by atoms with Crippen LogP contribution in [0.4, 0.5) is 10.2 Å². The van der Waals surface area contributed by atoms with Crippen molar-refractivity contribution in [1.82, 2.24) is 15.0 Å². The SMILES string of the molecule is CCC(O)CNc1cc(-c2[nH]c3cccnc3c2-c2ccc(F)cc2)ccn1. The number of nitrogens with one attached hydrogen (secondary N) is 2. The lowest BCUT2D eigenvalue weighted by Crippen LogP contribution is -2.18. The van der Waals surface area contributed by atoms with Crippen LogP contribution >= 0.6 is 0 Å². The van der Waals surface area contributed by atoms with Gasteiger partial charge in [0.05, 0.1) is 22.8 Å². The van der Waals surface area contributed by atoms with E-state index in [-0.39, 0.29) is 5.82 Å². The van der Waals surface area contributed by atoms with Crippen molar-refractivity contribution in [3.63, 3.8) is 0 Å². The van der Waals surface area contributed by atoms with Gasteiger partial charge in [-0.15, -0.1) is 0 Å². The van der Waals surface area contributed by atoms with E-state index >= 15 is 0 Å². The molecule has 3 heterocycles. The van der Waals surface area contributed by atoms with Crippen molar-refractivity contribution in [2.75, 3.05) is 11.9 Å². The van der Waals surface area contributed by atoms with E-state index in [4.69, 9.17) is 0 Å². The average Bonchev–Trinajstić information content (AvgIpc) is 3.12. The van der Waals surface area contributed by atoms with Gasteiger partial charge in [0.1, 0.15) is 11.6 Å². The molecule has 0 fully saturated rings. The number of hydrogen-bond acceptors (Lipinski definition) is 4. The predicted octanol–water partition coefficient (Wildman–Crippen LogP) is 4.61. The summed E-state index contributed by atoms with van der Waals surface area (Å²) in [6.45, 7) is 2.37. The van der Waals surface area contributed by atoms with Crippen LogP contribution in [0.15, 0.2) is 60.9 Å². The molecule has 0 saturated carbocycles. The molecule has 5 nitrogen and oxygen atoms in total. The van der Waals surface area contributed by atoms with Crippen LogP contribution < -0.4 is 5.32 Å². The third-order valence-corrected chi connectivity index (χ3v) is 4.73. The summed E-state index contributed by atoms with van der Waals surface area (Å²) in [5.41, 5.74) is 5.36. The molecule has 0 aliphatic heterocycles. The van der Waals surface area contributed by atoms with Gasteiger partial charge in [-0.3, -0.25) is 4.98 Å². The maximum Gasteiger partial charge on any atom is 0.126 e. The van der Waals surface area contributed by atoms with E-state index in [2.05, 4.69) is 20.3 Å². The number of halogens is 1. The van der Waals surface area contributed by atoms with Gasteiger partial charge in [-0.2, -0.15) is 0 Å². The second-order valence-corrected chi connectivity index (χ2v) is 6.65. The van der Waals surface area contributed by atoms with Gasteiger partial charge >= 0.3 is 0 Å². The zero-order chi connectivity index (χ0) is 19.5. The van der Waals surface area contributed by atoms with Crippen molar-refractivity contribution in [3.05, 3.63) is 66.7 Å². The molecule has 1 aromatic carbocycles. The Morgan fingerprint density at radius 3 is 2.68 bits per heavy atom. The zero-order valence-corrected chi connectivity index (χ0v) is 15.5. The first kappa shape index (κ1) is 18.1. The first-order valence-corrected chi connectivity index (χ1v) is 9.26. The predicted molar refractivity (Wildman–Crippen MR) is 110 cm³/mol. The summed E-state index contributed by atoms with van der Waals surface area (Å²) in [5.74, 6) is 0.407. The minimum Gasteiger partial charge on any atom is -0.391 e. The van der Waals surface area contributed by atoms with Gasteiger partial charge in [0.25, 0.3) is 0 Å². The Morgan fingerprint density at radius 1 is 1.07 bits per heavy atom. The summed E-state index contributed by atoms with van der Waals surface area (Å²) in [7, 11) is 0. The molecule has 1 unspecified atom stereocenters. The highest BCUT2D eigenvalue weighted by molar-refractivity contribution is 6.01. The number of pyridine rings is 2. The molecule has 0 aliphatic rings. The minimum absolute atomic E-state index is 0.275. The third kappa shape index (κ3) is 3.59. The topological polar surface area (TPSA) is 73.8 Å². The molecular formula is C22H21FN4O. The van der Waals surface area contributed by atoms with E-state index in [0.29, 0.717) is 18.8 Å². The number of aliphatic hydroxyl groups excluding tert-OH is 1. The molecule has 1 atom stereocenters. The molecule has 4 aromatic rings. The lowest BCUT2D eigenvalue weighted by molar-refractivity contribution is 0.183. The highest BCUT2D eigenvalue weighted by atomic mass is 19.1. The van der Waals surface area contributed by atoms with Crippen molar-refractivity contribution < 1.29 is 9.50 Å². The van der Waals surface area contributed by atoms with E-state index in [1.807, 2.05) is 31.2 Å². The van der Waals surface area contributed by atoms with Gasteiger partial charge in [0.15, 0.2) is 0 Å². The van der Waals surface area contributed by atoms with Crippen LogP contribution in [0.25, 0.3) is 33.4 Å². The summed E-state index contributed by atoms with van der Waals surface area (Å²) in [6.07, 6.45) is 3.73. The Bertz CT molecular complexity index is 1090. The smallest absolute Gasteiger partial charge is 0.126 e. The molecule has 142 valence electrons. The number of benzene rings is 1. The summed E-state index contributed by atoms with van der Waals surface area (Å²) < 4.78 is 13.4. The van der Waals surface area contributed by atoms with Crippen LogP contribution in [-0.2, 0) is 0 Å². The lowest BCUT2D eigenvalue weighted by Gasteiger charge is -2.11. The molecule has 0 saturated heterocycles. The van der Waals surface area contributed by atoms with Crippen LogP contribution in [0.1, 0.15) is 13.3 Å². The fraction of sp³-hybridized carbons (Fsp3) is 0.182. The van der Waals surface area contributed by atoms with E-state index in [1.54, 1.807) is 24.5 Å². The fourth-order valence-electron chi connectivity index (χ4n) is 3.18. The summed E-state index contributed by atoms with van der Waals surface area (Å²) in [5, 5.41) is 12.9. The Labute approximate surface area is 162 Å². The van der Waals surface area contributed by atoms with Gasteiger partial charge in [0.2, 0.25) is 0 Å². The summed E-state index contributed by atoms with van der Waals surface area (Å²) in [4.78, 5) is 12.3. The van der Waals surface area contributed by atoms with Gasteiger partial charge < -0.3 is 15.4 Å². The van der Waals surface area contributed by atoms with Crippen LogP contribution in [0.2, 0.25) is 0 Å². The van der Waals surface area contributed by atoms with E-state index < -0.39 is 6.10 Å². The maximum atomic E-state index is 13.4. The van der Waals surface area contributed by atoms with Crippen molar-refractivity contribution in [2.45, 2.75) is 19.4 Å². The molecule has 0 spiro atoms. The second-order valence-electron chi connectivity index (χ2n) is 6.65. The Kier molecular flexibility index (Phi) is 5.04. The Morgan fingerprint density at radius 2 is 1.89 bits per heavy atom. The van der Waals surface area contributed by atoms with Gasteiger partial charge in [0, 0.05) is 30.1 Å². The van der Waals surface area contributed by atoms with Crippen LogP contribution in [-0.4, -0.2) is 32.7 Å². The second kappa shape index (κ2) is 7.78. The first-order chi connectivity index (χ1) is 13.7. The number of rotatable bonds is 6. The maximum absolute atomic E-state index is 13.4. The van der Waals surface area contributed by atoms with E-state index in [9.17, 15) is 9.50 Å². The number of hydrogen-bond donors (Lipinski definition) is 3. The molecule has 4 rings (SSSR count). The molecule has 28 heavy (non-hydrogen) atoms.